The summed E-state index contributed by atoms with van der Waals surface area (Å²) in [4.78, 5) is 28.3. The standard InChI is InChI=1S/C21H20N2O3/c1-13-17-6-4-5-7-18(17)23-19(20(13)21(25)26-3)12-22-16-10-8-15(9-11-16)14(2)24/h4-11,22H,12H2,1-3H3. The van der Waals surface area contributed by atoms with Gasteiger partial charge in [-0.2, -0.15) is 0 Å². The predicted molar refractivity (Wildman–Crippen MR) is 102 cm³/mol. The van der Waals surface area contributed by atoms with Gasteiger partial charge in [0.25, 0.3) is 0 Å². The number of benzene rings is 2. The number of ketones is 1. The van der Waals surface area contributed by atoms with Crippen LogP contribution in [0.2, 0.25) is 0 Å². The Morgan fingerprint density at radius 1 is 1.08 bits per heavy atom. The van der Waals surface area contributed by atoms with E-state index in [1.54, 1.807) is 12.1 Å². The first-order chi connectivity index (χ1) is 12.5. The molecule has 3 rings (SSSR count). The van der Waals surface area contributed by atoms with Crippen LogP contribution in [0.4, 0.5) is 5.69 Å². The topological polar surface area (TPSA) is 68.3 Å². The molecule has 5 nitrogen and oxygen atoms in total. The molecule has 0 aliphatic heterocycles. The van der Waals surface area contributed by atoms with Gasteiger partial charge in [0.15, 0.2) is 5.78 Å². The van der Waals surface area contributed by atoms with Crippen LogP contribution in [0.5, 0.6) is 0 Å². The maximum atomic E-state index is 12.3. The quantitative estimate of drug-likeness (QED) is 0.554. The van der Waals surface area contributed by atoms with Crippen molar-refractivity contribution in [1.29, 1.82) is 0 Å². The molecule has 0 radical (unpaired) electrons. The number of methoxy groups -OCH3 is 1. The Morgan fingerprint density at radius 3 is 2.42 bits per heavy atom. The number of Topliss-reactive ketones (excluding diaryl/α,β-unsaturated/α-hetero) is 1. The van der Waals surface area contributed by atoms with Crippen molar-refractivity contribution < 1.29 is 14.3 Å². The van der Waals surface area contributed by atoms with Crippen molar-refractivity contribution in [2.24, 2.45) is 0 Å². The number of pyridine rings is 1. The van der Waals surface area contributed by atoms with Gasteiger partial charge in [0.1, 0.15) is 0 Å². The smallest absolute Gasteiger partial charge is 0.340 e. The predicted octanol–water partition coefficient (Wildman–Crippen LogP) is 4.14. The lowest BCUT2D eigenvalue weighted by atomic mass is 10.0. The normalized spacial score (nSPS) is 10.6. The SMILES string of the molecule is COC(=O)c1c(CNc2ccc(C(C)=O)cc2)nc2ccccc2c1C. The molecule has 2 aromatic carbocycles. The van der Waals surface area contributed by atoms with E-state index in [1.807, 2.05) is 43.3 Å². The molecule has 0 saturated carbocycles. The van der Waals surface area contributed by atoms with E-state index in [4.69, 9.17) is 4.74 Å². The van der Waals surface area contributed by atoms with Crippen LogP contribution < -0.4 is 5.32 Å². The van der Waals surface area contributed by atoms with Crippen molar-refractivity contribution in [3.05, 3.63) is 70.9 Å². The monoisotopic (exact) mass is 348 g/mol. The van der Waals surface area contributed by atoms with Crippen molar-refractivity contribution in [2.45, 2.75) is 20.4 Å². The van der Waals surface area contributed by atoms with Crippen molar-refractivity contribution in [3.63, 3.8) is 0 Å². The molecule has 1 aromatic heterocycles. The number of rotatable bonds is 5. The molecule has 0 bridgehead atoms. The van der Waals surface area contributed by atoms with Gasteiger partial charge in [-0.3, -0.25) is 9.78 Å². The van der Waals surface area contributed by atoms with Gasteiger partial charge < -0.3 is 10.1 Å². The molecule has 0 fully saturated rings. The highest BCUT2D eigenvalue weighted by molar-refractivity contribution is 5.98. The molecule has 132 valence electrons. The summed E-state index contributed by atoms with van der Waals surface area (Å²) in [5.41, 5.74) is 4.30. The minimum absolute atomic E-state index is 0.0244. The molecular formula is C21H20N2O3. The zero-order valence-corrected chi connectivity index (χ0v) is 15.0. The third-order valence-electron chi connectivity index (χ3n) is 4.37. The van der Waals surface area contributed by atoms with Crippen LogP contribution >= 0.6 is 0 Å². The number of anilines is 1. The van der Waals surface area contributed by atoms with E-state index in [-0.39, 0.29) is 5.78 Å². The van der Waals surface area contributed by atoms with Gasteiger partial charge in [0.2, 0.25) is 0 Å². The Bertz CT molecular complexity index is 978. The maximum Gasteiger partial charge on any atom is 0.340 e. The fraction of sp³-hybridized carbons (Fsp3) is 0.190. The number of fused-ring (bicyclic) bond motifs is 1. The van der Waals surface area contributed by atoms with Crippen LogP contribution in [-0.2, 0) is 11.3 Å². The summed E-state index contributed by atoms with van der Waals surface area (Å²) >= 11 is 0. The molecule has 26 heavy (non-hydrogen) atoms. The van der Waals surface area contributed by atoms with Crippen molar-refractivity contribution in [3.8, 4) is 0 Å². The Balaban J connectivity index is 1.95. The summed E-state index contributed by atoms with van der Waals surface area (Å²) in [5.74, 6) is -0.374. The number of nitrogens with zero attached hydrogens (tertiary/aromatic N) is 1. The first-order valence-electron chi connectivity index (χ1n) is 8.32. The molecule has 3 aromatic rings. The van der Waals surface area contributed by atoms with Crippen molar-refractivity contribution >= 4 is 28.3 Å². The minimum Gasteiger partial charge on any atom is -0.465 e. The van der Waals surface area contributed by atoms with Gasteiger partial charge in [0, 0.05) is 16.6 Å². The molecule has 0 spiro atoms. The summed E-state index contributed by atoms with van der Waals surface area (Å²) in [6.45, 7) is 3.81. The van der Waals surface area contributed by atoms with Gasteiger partial charge in [-0.1, -0.05) is 18.2 Å². The second kappa shape index (κ2) is 7.35. The number of carbonyl (C=O) groups excluding carboxylic acids is 2. The van der Waals surface area contributed by atoms with E-state index in [0.29, 0.717) is 23.4 Å². The van der Waals surface area contributed by atoms with Crippen LogP contribution in [0, 0.1) is 6.92 Å². The minimum atomic E-state index is -0.399. The molecule has 0 unspecified atom stereocenters. The third kappa shape index (κ3) is 3.42. The van der Waals surface area contributed by atoms with Gasteiger partial charge in [0.05, 0.1) is 30.4 Å². The number of hydrogen-bond donors (Lipinski definition) is 1. The van der Waals surface area contributed by atoms with Crippen LogP contribution in [0.25, 0.3) is 10.9 Å². The second-order valence-corrected chi connectivity index (χ2v) is 6.05. The average molecular weight is 348 g/mol. The van der Waals surface area contributed by atoms with E-state index in [9.17, 15) is 9.59 Å². The van der Waals surface area contributed by atoms with Gasteiger partial charge in [-0.25, -0.2) is 4.79 Å². The van der Waals surface area contributed by atoms with Crippen LogP contribution in [0.15, 0.2) is 48.5 Å². The molecule has 0 aliphatic carbocycles. The first-order valence-corrected chi connectivity index (χ1v) is 8.32. The largest absolute Gasteiger partial charge is 0.465 e. The molecule has 0 atom stereocenters. The molecule has 5 heteroatoms. The number of aryl methyl sites for hydroxylation is 1. The number of nitrogens with one attached hydrogen (secondary N) is 1. The molecule has 0 aliphatic rings. The highest BCUT2D eigenvalue weighted by Gasteiger charge is 2.19. The van der Waals surface area contributed by atoms with Gasteiger partial charge in [-0.05, 0) is 49.7 Å². The van der Waals surface area contributed by atoms with Crippen LogP contribution in [0.3, 0.4) is 0 Å². The average Bonchev–Trinajstić information content (AvgIpc) is 2.66. The Morgan fingerprint density at radius 2 is 1.77 bits per heavy atom. The fourth-order valence-corrected chi connectivity index (χ4v) is 2.95. The lowest BCUT2D eigenvalue weighted by molar-refractivity contribution is 0.0598. The van der Waals surface area contributed by atoms with E-state index in [1.165, 1.54) is 14.0 Å². The lowest BCUT2D eigenvalue weighted by Gasteiger charge is -2.14. The van der Waals surface area contributed by atoms with E-state index in [2.05, 4.69) is 10.3 Å². The highest BCUT2D eigenvalue weighted by atomic mass is 16.5. The summed E-state index contributed by atoms with van der Waals surface area (Å²) in [7, 11) is 1.37. The maximum absolute atomic E-state index is 12.3. The van der Waals surface area contributed by atoms with Gasteiger partial charge >= 0.3 is 5.97 Å². The second-order valence-electron chi connectivity index (χ2n) is 6.05. The van der Waals surface area contributed by atoms with E-state index >= 15 is 0 Å². The van der Waals surface area contributed by atoms with Crippen LogP contribution in [-0.4, -0.2) is 23.8 Å². The summed E-state index contributed by atoms with van der Waals surface area (Å²) in [5, 5.41) is 4.19. The summed E-state index contributed by atoms with van der Waals surface area (Å²) in [6, 6.07) is 14.9. The number of esters is 1. The number of hydrogen-bond acceptors (Lipinski definition) is 5. The third-order valence-corrected chi connectivity index (χ3v) is 4.37. The zero-order chi connectivity index (χ0) is 18.7. The first kappa shape index (κ1) is 17.6. The zero-order valence-electron chi connectivity index (χ0n) is 15.0. The number of carbonyl (C=O) groups is 2. The van der Waals surface area contributed by atoms with E-state index < -0.39 is 5.97 Å². The highest BCUT2D eigenvalue weighted by Crippen LogP contribution is 2.24. The van der Waals surface area contributed by atoms with Crippen molar-refractivity contribution in [1.82, 2.24) is 4.98 Å². The molecule has 0 amide bonds. The summed E-state index contributed by atoms with van der Waals surface area (Å²) < 4.78 is 4.96. The number of aromatic nitrogens is 1. The Hall–Kier alpha value is -3.21. The molecule has 1 N–H and O–H groups in total. The Labute approximate surface area is 152 Å². The fourth-order valence-electron chi connectivity index (χ4n) is 2.95. The van der Waals surface area contributed by atoms with Crippen molar-refractivity contribution in [2.75, 3.05) is 12.4 Å². The Kier molecular flexibility index (Phi) is 4.98. The lowest BCUT2D eigenvalue weighted by Crippen LogP contribution is -2.14. The molecule has 0 saturated heterocycles. The van der Waals surface area contributed by atoms with Crippen LogP contribution in [0.1, 0.15) is 38.9 Å². The number of ether oxygens (including phenoxy) is 1. The van der Waals surface area contributed by atoms with Gasteiger partial charge in [-0.15, -0.1) is 0 Å². The van der Waals surface area contributed by atoms with E-state index in [0.717, 1.165) is 22.2 Å². The number of para-hydroxylation sites is 1. The molecular weight excluding hydrogens is 328 g/mol. The summed E-state index contributed by atoms with van der Waals surface area (Å²) in [6.07, 6.45) is 0. The molecule has 1 heterocycles.